The van der Waals surface area contributed by atoms with Gasteiger partial charge in [-0.3, -0.25) is 4.79 Å². The van der Waals surface area contributed by atoms with Crippen LogP contribution in [0.15, 0.2) is 18.2 Å². The van der Waals surface area contributed by atoms with Crippen molar-refractivity contribution in [3.63, 3.8) is 0 Å². The summed E-state index contributed by atoms with van der Waals surface area (Å²) in [6.07, 6.45) is 4.90. The number of carbonyl (C=O) groups excluding carboxylic acids is 1. The first-order valence-corrected chi connectivity index (χ1v) is 7.64. The summed E-state index contributed by atoms with van der Waals surface area (Å²) in [7, 11) is 3.50. The van der Waals surface area contributed by atoms with Gasteiger partial charge in [-0.15, -0.1) is 12.4 Å². The fourth-order valence-electron chi connectivity index (χ4n) is 3.16. The number of carbonyl (C=O) groups is 1. The summed E-state index contributed by atoms with van der Waals surface area (Å²) >= 11 is 0. The molecule has 1 amide bonds. The molecule has 1 aliphatic carbocycles. The van der Waals surface area contributed by atoms with Crippen LogP contribution in [0.3, 0.4) is 0 Å². The van der Waals surface area contributed by atoms with E-state index in [0.29, 0.717) is 6.54 Å². The Balaban J connectivity index is 0.00000242. The Labute approximate surface area is 139 Å². The number of halogens is 1. The number of nitrogens with two attached hydrogens (primary N) is 1. The topological polar surface area (TPSA) is 55.6 Å². The molecule has 124 valence electrons. The molecule has 5 heteroatoms. The Kier molecular flexibility index (Phi) is 6.69. The second-order valence-corrected chi connectivity index (χ2v) is 6.18. The van der Waals surface area contributed by atoms with Crippen LogP contribution >= 0.6 is 12.4 Å². The lowest BCUT2D eigenvalue weighted by atomic mass is 9.81. The number of hydrogen-bond donors (Lipinski definition) is 1. The Morgan fingerprint density at radius 2 is 1.95 bits per heavy atom. The number of amides is 1. The lowest BCUT2D eigenvalue weighted by molar-refractivity contribution is -0.137. The number of rotatable bonds is 4. The second kappa shape index (κ2) is 7.84. The number of nitrogens with zero attached hydrogens (tertiary/aromatic N) is 1. The number of likely N-dealkylation sites (N-methyl/N-ethyl adjacent to an activating group) is 1. The van der Waals surface area contributed by atoms with Crippen LogP contribution in [0.1, 0.15) is 43.2 Å². The standard InChI is InChI=1S/C17H26N2O2.ClH/c1-13-11-14(7-8-15(13)21-3)12-19(2)16(20)17(18)9-5-4-6-10-17;/h7-8,11H,4-6,9-10,12,18H2,1-3H3;1H. The zero-order valence-corrected chi connectivity index (χ0v) is 14.5. The summed E-state index contributed by atoms with van der Waals surface area (Å²) in [5.74, 6) is 0.936. The van der Waals surface area contributed by atoms with Crippen LogP contribution in [0.25, 0.3) is 0 Å². The van der Waals surface area contributed by atoms with E-state index in [2.05, 4.69) is 6.07 Å². The van der Waals surface area contributed by atoms with E-state index < -0.39 is 5.54 Å². The van der Waals surface area contributed by atoms with E-state index in [1.54, 1.807) is 12.0 Å². The quantitative estimate of drug-likeness (QED) is 0.925. The van der Waals surface area contributed by atoms with Crippen LogP contribution < -0.4 is 10.5 Å². The molecular formula is C17H27ClN2O2. The molecule has 1 aromatic rings. The Hall–Kier alpha value is -1.26. The normalized spacial score (nSPS) is 16.5. The molecule has 1 fully saturated rings. The number of aryl methyl sites for hydroxylation is 1. The van der Waals surface area contributed by atoms with Gasteiger partial charge in [-0.1, -0.05) is 31.4 Å². The molecule has 4 nitrogen and oxygen atoms in total. The van der Waals surface area contributed by atoms with E-state index in [0.717, 1.165) is 42.6 Å². The summed E-state index contributed by atoms with van der Waals surface area (Å²) < 4.78 is 5.26. The highest BCUT2D eigenvalue weighted by atomic mass is 35.5. The molecule has 22 heavy (non-hydrogen) atoms. The molecule has 2 rings (SSSR count). The van der Waals surface area contributed by atoms with Crippen LogP contribution in [0.5, 0.6) is 5.75 Å². The third kappa shape index (κ3) is 4.14. The Bertz CT molecular complexity index is 513. The van der Waals surface area contributed by atoms with Crippen LogP contribution in [-0.2, 0) is 11.3 Å². The maximum atomic E-state index is 12.6. The zero-order chi connectivity index (χ0) is 15.5. The van der Waals surface area contributed by atoms with Crippen molar-refractivity contribution in [3.8, 4) is 5.75 Å². The second-order valence-electron chi connectivity index (χ2n) is 6.18. The van der Waals surface area contributed by atoms with Gasteiger partial charge in [-0.05, 0) is 37.0 Å². The van der Waals surface area contributed by atoms with E-state index in [-0.39, 0.29) is 18.3 Å². The van der Waals surface area contributed by atoms with Gasteiger partial charge in [0.25, 0.3) is 0 Å². The van der Waals surface area contributed by atoms with Crippen molar-refractivity contribution >= 4 is 18.3 Å². The van der Waals surface area contributed by atoms with Crippen molar-refractivity contribution in [1.82, 2.24) is 4.90 Å². The van der Waals surface area contributed by atoms with Crippen LogP contribution in [0.4, 0.5) is 0 Å². The molecule has 0 spiro atoms. The fourth-order valence-corrected chi connectivity index (χ4v) is 3.16. The van der Waals surface area contributed by atoms with Gasteiger partial charge in [0.2, 0.25) is 5.91 Å². The predicted octanol–water partition coefficient (Wildman–Crippen LogP) is 3.05. The molecule has 0 aliphatic heterocycles. The van der Waals surface area contributed by atoms with Gasteiger partial charge in [0.05, 0.1) is 12.6 Å². The van der Waals surface area contributed by atoms with Crippen LogP contribution in [-0.4, -0.2) is 30.5 Å². The fraction of sp³-hybridized carbons (Fsp3) is 0.588. The van der Waals surface area contributed by atoms with Gasteiger partial charge in [-0.25, -0.2) is 0 Å². The molecule has 0 bridgehead atoms. The summed E-state index contributed by atoms with van der Waals surface area (Å²) in [5, 5.41) is 0. The first-order valence-electron chi connectivity index (χ1n) is 7.64. The predicted molar refractivity (Wildman–Crippen MR) is 91.5 cm³/mol. The lowest BCUT2D eigenvalue weighted by Gasteiger charge is -2.35. The number of ether oxygens (including phenoxy) is 1. The highest BCUT2D eigenvalue weighted by molar-refractivity contribution is 5.86. The molecule has 2 N–H and O–H groups in total. The first-order chi connectivity index (χ1) is 9.96. The zero-order valence-electron chi connectivity index (χ0n) is 13.7. The molecule has 0 saturated heterocycles. The summed E-state index contributed by atoms with van der Waals surface area (Å²) in [6.45, 7) is 2.60. The molecule has 0 radical (unpaired) electrons. The monoisotopic (exact) mass is 326 g/mol. The van der Waals surface area contributed by atoms with E-state index in [4.69, 9.17) is 10.5 Å². The Morgan fingerprint density at radius 3 is 2.50 bits per heavy atom. The van der Waals surface area contributed by atoms with Crippen LogP contribution in [0.2, 0.25) is 0 Å². The third-order valence-electron chi connectivity index (χ3n) is 4.40. The third-order valence-corrected chi connectivity index (χ3v) is 4.40. The van der Waals surface area contributed by atoms with Gasteiger partial charge in [0, 0.05) is 13.6 Å². The molecule has 0 heterocycles. The van der Waals surface area contributed by atoms with Gasteiger partial charge in [-0.2, -0.15) is 0 Å². The maximum Gasteiger partial charge on any atom is 0.242 e. The van der Waals surface area contributed by atoms with E-state index in [1.165, 1.54) is 6.42 Å². The minimum absolute atomic E-state index is 0. The molecule has 1 saturated carbocycles. The lowest BCUT2D eigenvalue weighted by Crippen LogP contribution is -2.55. The van der Waals surface area contributed by atoms with Gasteiger partial charge < -0.3 is 15.4 Å². The number of methoxy groups -OCH3 is 1. The van der Waals surface area contributed by atoms with Gasteiger partial charge in [0.1, 0.15) is 5.75 Å². The van der Waals surface area contributed by atoms with Crippen molar-refractivity contribution in [2.75, 3.05) is 14.2 Å². The Morgan fingerprint density at radius 1 is 1.32 bits per heavy atom. The molecule has 1 aliphatic rings. The largest absolute Gasteiger partial charge is 0.496 e. The number of benzene rings is 1. The maximum absolute atomic E-state index is 12.6. The average molecular weight is 327 g/mol. The minimum atomic E-state index is -0.658. The van der Waals surface area contributed by atoms with Crippen molar-refractivity contribution in [3.05, 3.63) is 29.3 Å². The first kappa shape index (κ1) is 18.8. The average Bonchev–Trinajstić information content (AvgIpc) is 2.47. The number of hydrogen-bond acceptors (Lipinski definition) is 3. The molecule has 0 aromatic heterocycles. The minimum Gasteiger partial charge on any atom is -0.496 e. The van der Waals surface area contributed by atoms with Crippen molar-refractivity contribution in [1.29, 1.82) is 0 Å². The summed E-state index contributed by atoms with van der Waals surface area (Å²) in [6, 6.07) is 6.01. The molecule has 0 atom stereocenters. The van der Waals surface area contributed by atoms with Crippen molar-refractivity contribution < 1.29 is 9.53 Å². The highest BCUT2D eigenvalue weighted by Crippen LogP contribution is 2.28. The van der Waals surface area contributed by atoms with E-state index in [9.17, 15) is 4.79 Å². The molecule has 1 aromatic carbocycles. The van der Waals surface area contributed by atoms with Crippen molar-refractivity contribution in [2.24, 2.45) is 5.73 Å². The molecular weight excluding hydrogens is 300 g/mol. The van der Waals surface area contributed by atoms with Gasteiger partial charge in [0.15, 0.2) is 0 Å². The molecule has 0 unspecified atom stereocenters. The summed E-state index contributed by atoms with van der Waals surface area (Å²) in [4.78, 5) is 14.4. The SMILES string of the molecule is COc1ccc(CN(C)C(=O)C2(N)CCCCC2)cc1C.Cl. The van der Waals surface area contributed by atoms with Crippen LogP contribution in [0, 0.1) is 6.92 Å². The highest BCUT2D eigenvalue weighted by Gasteiger charge is 2.37. The van der Waals surface area contributed by atoms with Gasteiger partial charge >= 0.3 is 0 Å². The van der Waals surface area contributed by atoms with E-state index >= 15 is 0 Å². The summed E-state index contributed by atoms with van der Waals surface area (Å²) in [5.41, 5.74) is 7.84. The smallest absolute Gasteiger partial charge is 0.242 e. The van der Waals surface area contributed by atoms with E-state index in [1.807, 2.05) is 26.1 Å². The van der Waals surface area contributed by atoms with Crippen molar-refractivity contribution in [2.45, 2.75) is 51.1 Å².